The highest BCUT2D eigenvalue weighted by atomic mass is 32.2. The molecule has 0 fully saturated rings. The lowest BCUT2D eigenvalue weighted by atomic mass is 10.1. The largest absolute Gasteiger partial charge is 0.493 e. The van der Waals surface area contributed by atoms with Gasteiger partial charge in [0.25, 0.3) is 0 Å². The molecular formula is C21H20N4O4S. The van der Waals surface area contributed by atoms with Crippen molar-refractivity contribution in [3.63, 3.8) is 0 Å². The molecule has 2 aliphatic rings. The SMILES string of the molecule is CCCSc1nnc2c(n1)O[C@@H](c1cc(OC)c3c(c1)OCO3)Nc1ccccc1-2. The Labute approximate surface area is 177 Å². The molecule has 0 unspecified atom stereocenters. The van der Waals surface area contributed by atoms with Gasteiger partial charge in [-0.05, 0) is 24.6 Å². The maximum atomic E-state index is 6.32. The van der Waals surface area contributed by atoms with Crippen LogP contribution in [0.25, 0.3) is 11.3 Å². The van der Waals surface area contributed by atoms with E-state index in [2.05, 4.69) is 27.4 Å². The highest BCUT2D eigenvalue weighted by molar-refractivity contribution is 7.99. The highest BCUT2D eigenvalue weighted by Gasteiger charge is 2.29. The Kier molecular flexibility index (Phi) is 4.96. The summed E-state index contributed by atoms with van der Waals surface area (Å²) in [6, 6.07) is 11.6. The lowest BCUT2D eigenvalue weighted by Gasteiger charge is -2.20. The number of nitrogens with zero attached hydrogens (tertiary/aromatic N) is 3. The van der Waals surface area contributed by atoms with Crippen LogP contribution in [0.4, 0.5) is 5.69 Å². The van der Waals surface area contributed by atoms with Gasteiger partial charge < -0.3 is 24.3 Å². The second-order valence-corrected chi connectivity index (χ2v) is 7.80. The predicted octanol–water partition coefficient (Wildman–Crippen LogP) is 4.28. The van der Waals surface area contributed by atoms with Gasteiger partial charge in [-0.25, -0.2) is 0 Å². The van der Waals surface area contributed by atoms with Crippen molar-refractivity contribution in [2.24, 2.45) is 0 Å². The van der Waals surface area contributed by atoms with Crippen molar-refractivity contribution in [1.29, 1.82) is 0 Å². The van der Waals surface area contributed by atoms with E-state index in [9.17, 15) is 0 Å². The van der Waals surface area contributed by atoms with Crippen molar-refractivity contribution in [3.05, 3.63) is 42.0 Å². The number of thioether (sulfide) groups is 1. The van der Waals surface area contributed by atoms with Crippen LogP contribution in [0.5, 0.6) is 23.1 Å². The molecule has 0 saturated carbocycles. The number of anilines is 1. The molecule has 5 rings (SSSR count). The number of rotatable bonds is 5. The van der Waals surface area contributed by atoms with E-state index < -0.39 is 6.23 Å². The van der Waals surface area contributed by atoms with Crippen molar-refractivity contribution in [3.8, 4) is 34.4 Å². The third-order valence-corrected chi connectivity index (χ3v) is 5.80. The molecule has 0 amide bonds. The summed E-state index contributed by atoms with van der Waals surface area (Å²) in [6.45, 7) is 2.28. The van der Waals surface area contributed by atoms with Crippen LogP contribution in [0, 0.1) is 0 Å². The van der Waals surface area contributed by atoms with E-state index in [1.807, 2.05) is 36.4 Å². The highest BCUT2D eigenvalue weighted by Crippen LogP contribution is 2.45. The molecular weight excluding hydrogens is 404 g/mol. The first kappa shape index (κ1) is 18.8. The van der Waals surface area contributed by atoms with Crippen LogP contribution in [0.15, 0.2) is 41.6 Å². The molecule has 154 valence electrons. The Hall–Kier alpha value is -3.20. The van der Waals surface area contributed by atoms with Crippen LogP contribution in [0.1, 0.15) is 25.1 Å². The van der Waals surface area contributed by atoms with Gasteiger partial charge in [-0.1, -0.05) is 36.9 Å². The Bertz CT molecular complexity index is 1090. The van der Waals surface area contributed by atoms with Crippen molar-refractivity contribution < 1.29 is 18.9 Å². The number of fused-ring (bicyclic) bond motifs is 4. The molecule has 0 saturated heterocycles. The first-order valence-corrected chi connectivity index (χ1v) is 10.6. The monoisotopic (exact) mass is 424 g/mol. The van der Waals surface area contributed by atoms with Crippen LogP contribution >= 0.6 is 11.8 Å². The molecule has 30 heavy (non-hydrogen) atoms. The van der Waals surface area contributed by atoms with Gasteiger partial charge in [0, 0.05) is 22.6 Å². The summed E-state index contributed by atoms with van der Waals surface area (Å²) >= 11 is 1.56. The third kappa shape index (κ3) is 3.35. The van der Waals surface area contributed by atoms with Gasteiger partial charge in [0.1, 0.15) is 0 Å². The maximum Gasteiger partial charge on any atom is 0.247 e. The lowest BCUT2D eigenvalue weighted by molar-refractivity contribution is 0.171. The average Bonchev–Trinajstić information content (AvgIpc) is 3.19. The second kappa shape index (κ2) is 7.91. The normalized spacial score (nSPS) is 16.0. The fourth-order valence-corrected chi connectivity index (χ4v) is 3.99. The molecule has 8 nitrogen and oxygen atoms in total. The van der Waals surface area contributed by atoms with E-state index in [-0.39, 0.29) is 6.79 Å². The number of hydrogen-bond donors (Lipinski definition) is 1. The Morgan fingerprint density at radius 2 is 2.10 bits per heavy atom. The zero-order valence-corrected chi connectivity index (χ0v) is 17.4. The Morgan fingerprint density at radius 3 is 2.97 bits per heavy atom. The van der Waals surface area contributed by atoms with Gasteiger partial charge in [0.05, 0.1) is 7.11 Å². The number of benzene rings is 2. The second-order valence-electron chi connectivity index (χ2n) is 6.74. The number of nitrogens with one attached hydrogen (secondary N) is 1. The number of methoxy groups -OCH3 is 1. The van der Waals surface area contributed by atoms with E-state index in [1.165, 1.54) is 0 Å². The molecule has 1 aromatic heterocycles. The van der Waals surface area contributed by atoms with Crippen LogP contribution in [-0.4, -0.2) is 34.8 Å². The summed E-state index contributed by atoms with van der Waals surface area (Å²) in [6.07, 6.45) is 0.493. The molecule has 0 spiro atoms. The molecule has 1 atom stereocenters. The molecule has 9 heteroatoms. The van der Waals surface area contributed by atoms with E-state index in [0.29, 0.717) is 34.0 Å². The summed E-state index contributed by atoms with van der Waals surface area (Å²) in [5.74, 6) is 3.15. The number of para-hydroxylation sites is 1. The van der Waals surface area contributed by atoms with Crippen molar-refractivity contribution in [2.45, 2.75) is 24.7 Å². The third-order valence-electron chi connectivity index (χ3n) is 4.75. The van der Waals surface area contributed by atoms with E-state index >= 15 is 0 Å². The van der Waals surface area contributed by atoms with Crippen LogP contribution < -0.4 is 24.3 Å². The number of aromatic nitrogens is 3. The summed E-state index contributed by atoms with van der Waals surface area (Å²) < 4.78 is 22.9. The first-order chi connectivity index (χ1) is 14.8. The van der Waals surface area contributed by atoms with Gasteiger partial charge in [0.2, 0.25) is 23.6 Å². The fourth-order valence-electron chi connectivity index (χ4n) is 3.35. The standard InChI is InChI=1S/C21H20N4O4S/c1-3-8-30-21-23-20-17(24-25-21)13-6-4-5-7-14(13)22-19(29-20)12-9-15(26-2)18-16(10-12)27-11-28-18/h4-7,9-10,19,22H,3,8,11H2,1-2H3/t19-/m0/s1. The Balaban J connectivity index is 1.59. The fraction of sp³-hybridized carbons (Fsp3) is 0.286. The predicted molar refractivity (Wildman–Crippen MR) is 112 cm³/mol. The van der Waals surface area contributed by atoms with Crippen LogP contribution in [0.2, 0.25) is 0 Å². The average molecular weight is 424 g/mol. The zero-order chi connectivity index (χ0) is 20.5. The topological polar surface area (TPSA) is 87.6 Å². The van der Waals surface area contributed by atoms with Gasteiger partial charge in [-0.2, -0.15) is 4.98 Å². The van der Waals surface area contributed by atoms with Crippen molar-refractivity contribution >= 4 is 17.4 Å². The molecule has 0 bridgehead atoms. The minimum atomic E-state index is -0.531. The van der Waals surface area contributed by atoms with Crippen LogP contribution in [0.3, 0.4) is 0 Å². The van der Waals surface area contributed by atoms with Gasteiger partial charge in [-0.3, -0.25) is 0 Å². The summed E-state index contributed by atoms with van der Waals surface area (Å²) in [5, 5.41) is 12.7. The number of hydrogen-bond acceptors (Lipinski definition) is 9. The maximum absolute atomic E-state index is 6.32. The molecule has 2 aliphatic heterocycles. The van der Waals surface area contributed by atoms with Crippen molar-refractivity contribution in [2.75, 3.05) is 25.0 Å². The molecule has 2 aromatic carbocycles. The molecule has 1 N–H and O–H groups in total. The van der Waals surface area contributed by atoms with E-state index in [4.69, 9.17) is 18.9 Å². The molecule has 3 heterocycles. The molecule has 0 aliphatic carbocycles. The lowest BCUT2D eigenvalue weighted by Crippen LogP contribution is -2.17. The minimum absolute atomic E-state index is 0.162. The van der Waals surface area contributed by atoms with Gasteiger partial charge in [-0.15, -0.1) is 10.2 Å². The van der Waals surface area contributed by atoms with Crippen LogP contribution in [-0.2, 0) is 0 Å². The summed E-state index contributed by atoms with van der Waals surface area (Å²) in [7, 11) is 1.60. The van der Waals surface area contributed by atoms with Gasteiger partial charge in [0.15, 0.2) is 23.4 Å². The number of ether oxygens (including phenoxy) is 4. The molecule has 3 aromatic rings. The van der Waals surface area contributed by atoms with E-state index in [1.54, 1.807) is 18.9 Å². The van der Waals surface area contributed by atoms with Crippen molar-refractivity contribution in [1.82, 2.24) is 15.2 Å². The summed E-state index contributed by atoms with van der Waals surface area (Å²) in [4.78, 5) is 4.64. The smallest absolute Gasteiger partial charge is 0.247 e. The first-order valence-electron chi connectivity index (χ1n) is 9.64. The Morgan fingerprint density at radius 1 is 1.20 bits per heavy atom. The minimum Gasteiger partial charge on any atom is -0.493 e. The summed E-state index contributed by atoms with van der Waals surface area (Å²) in [5.41, 5.74) is 3.19. The molecule has 0 radical (unpaired) electrons. The zero-order valence-electron chi connectivity index (χ0n) is 16.5. The van der Waals surface area contributed by atoms with E-state index in [0.717, 1.165) is 29.0 Å². The van der Waals surface area contributed by atoms with Gasteiger partial charge >= 0.3 is 0 Å². The quantitative estimate of drug-likeness (QED) is 0.603.